The molecule has 0 spiro atoms. The van der Waals surface area contributed by atoms with Crippen LogP contribution < -0.4 is 25.7 Å². The predicted molar refractivity (Wildman–Crippen MR) is 132 cm³/mol. The lowest BCUT2D eigenvalue weighted by atomic mass is 10.2. The molecule has 0 radical (unpaired) electrons. The molecule has 1 heterocycles. The van der Waals surface area contributed by atoms with E-state index in [0.29, 0.717) is 16.9 Å². The summed E-state index contributed by atoms with van der Waals surface area (Å²) < 4.78 is 25.0. The number of hydrogen-bond acceptors (Lipinski definition) is 6. The van der Waals surface area contributed by atoms with Gasteiger partial charge in [0.2, 0.25) is 0 Å². The topological polar surface area (TPSA) is 112 Å². The normalized spacial score (nSPS) is 10.4. The number of benzene rings is 3. The van der Waals surface area contributed by atoms with Crippen molar-refractivity contribution in [2.45, 2.75) is 0 Å². The van der Waals surface area contributed by atoms with Crippen LogP contribution in [0.3, 0.4) is 0 Å². The number of halogens is 1. The monoisotopic (exact) mass is 488 g/mol. The van der Waals surface area contributed by atoms with Gasteiger partial charge in [0.15, 0.2) is 0 Å². The fourth-order valence-electron chi connectivity index (χ4n) is 3.36. The number of nitrogens with one attached hydrogen (secondary N) is 2. The number of rotatable bonds is 7. The number of anilines is 2. The lowest BCUT2D eigenvalue weighted by Crippen LogP contribution is -2.25. The van der Waals surface area contributed by atoms with Gasteiger partial charge < -0.3 is 20.1 Å². The van der Waals surface area contributed by atoms with Gasteiger partial charge >= 0.3 is 0 Å². The van der Waals surface area contributed by atoms with E-state index in [-0.39, 0.29) is 28.8 Å². The fraction of sp³-hybridized carbons (Fsp3) is 0.0769. The van der Waals surface area contributed by atoms with Gasteiger partial charge in [-0.2, -0.15) is 9.78 Å². The van der Waals surface area contributed by atoms with Crippen molar-refractivity contribution in [1.82, 2.24) is 9.78 Å². The van der Waals surface area contributed by atoms with Crippen molar-refractivity contribution in [2.75, 3.05) is 24.9 Å². The van der Waals surface area contributed by atoms with Crippen molar-refractivity contribution < 1.29 is 23.5 Å². The Morgan fingerprint density at radius 2 is 1.39 bits per heavy atom. The molecule has 1 aromatic heterocycles. The molecule has 4 aromatic rings. The average Bonchev–Trinajstić information content (AvgIpc) is 2.90. The Bertz CT molecular complexity index is 1470. The molecule has 10 heteroatoms. The summed E-state index contributed by atoms with van der Waals surface area (Å²) in [5.74, 6) is -0.920. The first-order chi connectivity index (χ1) is 17.4. The highest BCUT2D eigenvalue weighted by molar-refractivity contribution is 6.06. The lowest BCUT2D eigenvalue weighted by Gasteiger charge is -2.16. The molecule has 0 aliphatic heterocycles. The minimum absolute atomic E-state index is 0.0681. The fourth-order valence-corrected chi connectivity index (χ4v) is 3.36. The van der Waals surface area contributed by atoms with Crippen LogP contribution in [-0.2, 0) is 0 Å². The molecule has 0 saturated carbocycles. The predicted octanol–water partition coefficient (Wildman–Crippen LogP) is 3.89. The minimum Gasteiger partial charge on any atom is -0.494 e. The van der Waals surface area contributed by atoms with Gasteiger partial charge in [-0.15, -0.1) is 0 Å². The molecule has 2 amide bonds. The summed E-state index contributed by atoms with van der Waals surface area (Å²) in [5, 5.41) is 9.54. The molecular weight excluding hydrogens is 467 g/mol. The van der Waals surface area contributed by atoms with Gasteiger partial charge in [0.25, 0.3) is 17.4 Å². The summed E-state index contributed by atoms with van der Waals surface area (Å²) in [7, 11) is 2.83. The number of hydrogen-bond donors (Lipinski definition) is 2. The molecule has 0 aliphatic rings. The molecule has 0 unspecified atom stereocenters. The highest BCUT2D eigenvalue weighted by Crippen LogP contribution is 2.36. The first kappa shape index (κ1) is 24.1. The molecule has 3 aromatic carbocycles. The third-order valence-electron chi connectivity index (χ3n) is 5.16. The molecule has 182 valence electrons. The zero-order valence-corrected chi connectivity index (χ0v) is 19.3. The largest absolute Gasteiger partial charge is 0.494 e. The zero-order chi connectivity index (χ0) is 25.7. The molecular formula is C26H21FN4O5. The molecule has 9 nitrogen and oxygen atoms in total. The second-order valence-corrected chi connectivity index (χ2v) is 7.47. The van der Waals surface area contributed by atoms with E-state index in [1.807, 2.05) is 0 Å². The Balaban J connectivity index is 1.61. The van der Waals surface area contributed by atoms with Crippen LogP contribution in [0.15, 0.2) is 83.7 Å². The number of carbonyl (C=O) groups excluding carboxylic acids is 2. The van der Waals surface area contributed by atoms with Crippen molar-refractivity contribution in [1.29, 1.82) is 0 Å². The molecule has 4 rings (SSSR count). The van der Waals surface area contributed by atoms with Crippen molar-refractivity contribution >= 4 is 23.2 Å². The van der Waals surface area contributed by atoms with E-state index < -0.39 is 17.3 Å². The maximum atomic E-state index is 13.3. The van der Waals surface area contributed by atoms with E-state index in [4.69, 9.17) is 9.47 Å². The highest BCUT2D eigenvalue weighted by atomic mass is 19.1. The van der Waals surface area contributed by atoms with E-state index >= 15 is 0 Å². The van der Waals surface area contributed by atoms with Gasteiger partial charge in [0, 0.05) is 23.8 Å². The molecule has 0 aliphatic carbocycles. The van der Waals surface area contributed by atoms with Crippen molar-refractivity contribution in [2.24, 2.45) is 0 Å². The van der Waals surface area contributed by atoms with Gasteiger partial charge in [-0.25, -0.2) is 4.39 Å². The summed E-state index contributed by atoms with van der Waals surface area (Å²) in [6.07, 6.45) is 0. The minimum atomic E-state index is -0.632. The van der Waals surface area contributed by atoms with Crippen LogP contribution in [0, 0.1) is 5.82 Å². The van der Waals surface area contributed by atoms with Crippen LogP contribution in [0.5, 0.6) is 11.5 Å². The average molecular weight is 488 g/mol. The molecule has 0 bridgehead atoms. The maximum Gasteiger partial charge on any atom is 0.276 e. The molecule has 0 atom stereocenters. The van der Waals surface area contributed by atoms with E-state index in [1.165, 1.54) is 62.8 Å². The Hall–Kier alpha value is -4.99. The number of ether oxygens (including phenoxy) is 2. The summed E-state index contributed by atoms with van der Waals surface area (Å²) >= 11 is 0. The summed E-state index contributed by atoms with van der Waals surface area (Å²) in [5.41, 5.74) is 0.784. The van der Waals surface area contributed by atoms with Gasteiger partial charge in [0.1, 0.15) is 23.0 Å². The molecule has 0 fully saturated rings. The molecule has 0 saturated heterocycles. The Morgan fingerprint density at radius 3 is 1.97 bits per heavy atom. The van der Waals surface area contributed by atoms with Crippen molar-refractivity contribution in [3.05, 3.63) is 106 Å². The van der Waals surface area contributed by atoms with Crippen molar-refractivity contribution in [3.8, 4) is 17.2 Å². The molecule has 36 heavy (non-hydrogen) atoms. The quantitative estimate of drug-likeness (QED) is 0.408. The second-order valence-electron chi connectivity index (χ2n) is 7.47. The summed E-state index contributed by atoms with van der Waals surface area (Å²) in [4.78, 5) is 37.8. The standard InChI is InChI=1S/C26H21FN4O5/c1-35-22-15-21(23(36-2)14-20(22)28-25(33)16-6-4-3-5-7-16)29-26(34)19-12-13-24(32)31(30-19)18-10-8-17(27)9-11-18/h3-15H,1-2H3,(H,28,33)(H,29,34). The Labute approximate surface area is 205 Å². The van der Waals surface area contributed by atoms with E-state index in [2.05, 4.69) is 15.7 Å². The van der Waals surface area contributed by atoms with Crippen molar-refractivity contribution in [3.63, 3.8) is 0 Å². The first-order valence-corrected chi connectivity index (χ1v) is 10.7. The van der Waals surface area contributed by atoms with Gasteiger partial charge in [0.05, 0.1) is 31.3 Å². The van der Waals surface area contributed by atoms with Crippen LogP contribution in [0.4, 0.5) is 15.8 Å². The SMILES string of the molecule is COc1cc(NC(=O)c2ccc(=O)n(-c3ccc(F)cc3)n2)c(OC)cc1NC(=O)c1ccccc1. The summed E-state index contributed by atoms with van der Waals surface area (Å²) in [6, 6.07) is 19.2. The number of methoxy groups -OCH3 is 2. The van der Waals surface area contributed by atoms with Crippen LogP contribution in [-0.4, -0.2) is 35.8 Å². The molecule has 2 N–H and O–H groups in total. The van der Waals surface area contributed by atoms with Gasteiger partial charge in [-0.3, -0.25) is 14.4 Å². The third kappa shape index (κ3) is 5.22. The Morgan fingerprint density at radius 1 is 0.806 bits per heavy atom. The van der Waals surface area contributed by atoms with E-state index in [1.54, 1.807) is 30.3 Å². The number of aromatic nitrogens is 2. The zero-order valence-electron chi connectivity index (χ0n) is 19.3. The van der Waals surface area contributed by atoms with Crippen LogP contribution >= 0.6 is 0 Å². The maximum absolute atomic E-state index is 13.3. The van der Waals surface area contributed by atoms with Crippen LogP contribution in [0.25, 0.3) is 5.69 Å². The first-order valence-electron chi connectivity index (χ1n) is 10.7. The van der Waals surface area contributed by atoms with E-state index in [0.717, 1.165) is 4.68 Å². The third-order valence-corrected chi connectivity index (χ3v) is 5.16. The lowest BCUT2D eigenvalue weighted by molar-refractivity contribution is 0.101. The number of carbonyl (C=O) groups is 2. The smallest absolute Gasteiger partial charge is 0.276 e. The second kappa shape index (κ2) is 10.5. The Kier molecular flexibility index (Phi) is 7.05. The number of amides is 2. The highest BCUT2D eigenvalue weighted by Gasteiger charge is 2.18. The number of nitrogens with zero attached hydrogens (tertiary/aromatic N) is 2. The van der Waals surface area contributed by atoms with Gasteiger partial charge in [-0.05, 0) is 42.5 Å². The van der Waals surface area contributed by atoms with E-state index in [9.17, 15) is 18.8 Å². The van der Waals surface area contributed by atoms with Crippen LogP contribution in [0.2, 0.25) is 0 Å². The summed E-state index contributed by atoms with van der Waals surface area (Å²) in [6.45, 7) is 0. The van der Waals surface area contributed by atoms with Gasteiger partial charge in [-0.1, -0.05) is 18.2 Å². The van der Waals surface area contributed by atoms with Crippen LogP contribution in [0.1, 0.15) is 20.8 Å².